The Balaban J connectivity index is 2.44. The van der Waals surface area contributed by atoms with Crippen molar-refractivity contribution in [1.82, 2.24) is 5.32 Å². The van der Waals surface area contributed by atoms with Gasteiger partial charge in [0.1, 0.15) is 30.5 Å². The average Bonchev–Trinajstić information content (AvgIpc) is 3.35. The number of hydrogen-bond acceptors (Lipinski definition) is 11. The third-order valence-electron chi connectivity index (χ3n) is 14.1. The molecule has 13 nitrogen and oxygen atoms in total. The van der Waals surface area contributed by atoms with Gasteiger partial charge in [0, 0.05) is 0 Å². The second-order valence-corrected chi connectivity index (χ2v) is 21.8. The van der Waals surface area contributed by atoms with E-state index in [2.05, 4.69) is 35.5 Å². The number of rotatable bonds is 51. The molecule has 0 aliphatic carbocycles. The van der Waals surface area contributed by atoms with E-state index in [0.717, 1.165) is 57.8 Å². The minimum Gasteiger partial charge on any atom is -0.394 e. The maximum Gasteiger partial charge on any atom is 0.397 e. The van der Waals surface area contributed by atoms with Crippen molar-refractivity contribution >= 4 is 16.3 Å². The zero-order valence-electron chi connectivity index (χ0n) is 45.2. The lowest BCUT2D eigenvalue weighted by Gasteiger charge is -2.41. The average molecular weight is 1030 g/mol. The molecule has 0 aromatic carbocycles. The molecule has 14 heteroatoms. The minimum atomic E-state index is -5.12. The van der Waals surface area contributed by atoms with Crippen molar-refractivity contribution in [3.8, 4) is 0 Å². The van der Waals surface area contributed by atoms with Crippen LogP contribution in [0.25, 0.3) is 0 Å². The lowest BCUT2D eigenvalue weighted by Crippen LogP contribution is -2.61. The third kappa shape index (κ3) is 38.7. The highest BCUT2D eigenvalue weighted by Crippen LogP contribution is 2.26. The van der Waals surface area contributed by atoms with Gasteiger partial charge >= 0.3 is 10.4 Å². The Morgan fingerprint density at radius 3 is 1.31 bits per heavy atom. The molecule has 7 N–H and O–H groups in total. The van der Waals surface area contributed by atoms with Crippen LogP contribution in [0.5, 0.6) is 0 Å². The zero-order chi connectivity index (χ0) is 52.1. The van der Waals surface area contributed by atoms with Crippen LogP contribution in [0.2, 0.25) is 0 Å². The first-order valence-electron chi connectivity index (χ1n) is 29.3. The first-order chi connectivity index (χ1) is 34.4. The number of nitrogens with one attached hydrogen (secondary N) is 1. The van der Waals surface area contributed by atoms with E-state index in [9.17, 15) is 43.3 Å². The van der Waals surface area contributed by atoms with Gasteiger partial charge in [0.15, 0.2) is 6.29 Å². The van der Waals surface area contributed by atoms with Gasteiger partial charge in [0.2, 0.25) is 5.91 Å². The van der Waals surface area contributed by atoms with Gasteiger partial charge < -0.3 is 40.3 Å². The van der Waals surface area contributed by atoms with Crippen molar-refractivity contribution in [1.29, 1.82) is 0 Å². The Hall–Kier alpha value is -1.46. The smallest absolute Gasteiger partial charge is 0.394 e. The number of aliphatic hydroxyl groups is 5. The monoisotopic (exact) mass is 1030 g/mol. The van der Waals surface area contributed by atoms with Gasteiger partial charge in [-0.15, -0.1) is 0 Å². The van der Waals surface area contributed by atoms with Crippen molar-refractivity contribution in [2.45, 2.75) is 320 Å². The standard InChI is InChI=1S/C57H109NO12S/c1-3-5-7-9-11-13-15-17-19-21-23-25-27-29-31-33-35-37-39-41-43-45-50(60)49(48-68-57-54(63)55(70-71(65,66)67)53(62)52(47-59)69-57)58-56(64)51(61)46-44-42-40-38-36-34-32-30-28-26-24-22-20-18-16-14-12-10-8-6-4-2/h28,30,43,45,49-55,57,59-63H,3-27,29,31-42,44,46-48H2,1-2H3,(H,58,64)(H,65,66,67)/b30-28-,45-43+. The maximum absolute atomic E-state index is 13.2. The van der Waals surface area contributed by atoms with Gasteiger partial charge in [-0.05, 0) is 44.9 Å². The highest BCUT2D eigenvalue weighted by molar-refractivity contribution is 7.80. The molecule has 71 heavy (non-hydrogen) atoms. The number of unbranched alkanes of at least 4 members (excludes halogenated alkanes) is 36. The number of carbonyl (C=O) groups excluding carboxylic acids is 1. The Bertz CT molecular complexity index is 1370. The molecule has 0 aromatic rings. The molecular weight excluding hydrogens is 923 g/mol. The van der Waals surface area contributed by atoms with Crippen LogP contribution in [0.15, 0.2) is 24.3 Å². The van der Waals surface area contributed by atoms with Crippen molar-refractivity contribution in [2.24, 2.45) is 0 Å². The predicted molar refractivity (Wildman–Crippen MR) is 288 cm³/mol. The fraction of sp³-hybridized carbons (Fsp3) is 0.912. The van der Waals surface area contributed by atoms with E-state index in [-0.39, 0.29) is 6.42 Å². The van der Waals surface area contributed by atoms with Crippen LogP contribution in [-0.4, -0.2) is 107 Å². The van der Waals surface area contributed by atoms with Gasteiger partial charge in [-0.3, -0.25) is 9.35 Å². The summed E-state index contributed by atoms with van der Waals surface area (Å²) in [6, 6.07) is -1.12. The molecule has 8 unspecified atom stereocenters. The highest BCUT2D eigenvalue weighted by Gasteiger charge is 2.48. The van der Waals surface area contributed by atoms with E-state index in [4.69, 9.17) is 9.47 Å². The molecule has 0 radical (unpaired) electrons. The van der Waals surface area contributed by atoms with Crippen LogP contribution in [0, 0.1) is 0 Å². The zero-order valence-corrected chi connectivity index (χ0v) is 46.0. The molecule has 1 aliphatic heterocycles. The number of amides is 1. The van der Waals surface area contributed by atoms with Gasteiger partial charge in [-0.2, -0.15) is 8.42 Å². The quantitative estimate of drug-likeness (QED) is 0.0172. The van der Waals surface area contributed by atoms with Crippen LogP contribution >= 0.6 is 0 Å². The Kier molecular flexibility index (Phi) is 44.7. The summed E-state index contributed by atoms with van der Waals surface area (Å²) in [7, 11) is -5.12. The highest BCUT2D eigenvalue weighted by atomic mass is 32.3. The second kappa shape index (κ2) is 47.0. The molecule has 1 amide bonds. The summed E-state index contributed by atoms with van der Waals surface area (Å²) in [4.78, 5) is 13.2. The SMILES string of the molecule is CCCCCCCCCCCCC/C=C\CCCCCCCCC(O)C(=O)NC(COC1OC(CO)C(O)C(OS(=O)(=O)O)C1O)C(O)/C=C/CCCCCCCCCCCCCCCCCCCCC. The Labute approximate surface area is 434 Å². The van der Waals surface area contributed by atoms with Crippen molar-refractivity contribution < 1.29 is 57.0 Å². The molecule has 420 valence electrons. The van der Waals surface area contributed by atoms with E-state index in [0.29, 0.717) is 12.8 Å². The van der Waals surface area contributed by atoms with E-state index in [1.807, 2.05) is 6.08 Å². The summed E-state index contributed by atoms with van der Waals surface area (Å²) in [6.07, 6.45) is 45.4. The first kappa shape index (κ1) is 67.6. The normalized spacial score (nSPS) is 20.0. The molecule has 8 atom stereocenters. The van der Waals surface area contributed by atoms with Gasteiger partial charge in [-0.25, -0.2) is 4.18 Å². The molecule has 0 saturated carbocycles. The molecule has 0 spiro atoms. The minimum absolute atomic E-state index is 0.238. The van der Waals surface area contributed by atoms with E-state index in [1.165, 1.54) is 180 Å². The predicted octanol–water partition coefficient (Wildman–Crippen LogP) is 12.6. The summed E-state index contributed by atoms with van der Waals surface area (Å²) in [5.74, 6) is -0.703. The number of aliphatic hydroxyl groups excluding tert-OH is 5. The summed E-state index contributed by atoms with van der Waals surface area (Å²) in [5, 5.41) is 55.6. The molecule has 0 bridgehead atoms. The summed E-state index contributed by atoms with van der Waals surface area (Å²) < 4.78 is 47.8. The van der Waals surface area contributed by atoms with E-state index >= 15 is 0 Å². The number of hydrogen-bond donors (Lipinski definition) is 7. The van der Waals surface area contributed by atoms with Crippen molar-refractivity contribution in [3.05, 3.63) is 24.3 Å². The van der Waals surface area contributed by atoms with Crippen LogP contribution in [0.1, 0.15) is 271 Å². The van der Waals surface area contributed by atoms with Gasteiger partial charge in [0.05, 0.1) is 25.4 Å². The van der Waals surface area contributed by atoms with Crippen LogP contribution < -0.4 is 5.32 Å². The molecule has 1 rings (SSSR count). The summed E-state index contributed by atoms with van der Waals surface area (Å²) in [6.45, 7) is 3.27. The van der Waals surface area contributed by atoms with Crippen LogP contribution in [-0.2, 0) is 28.9 Å². The Morgan fingerprint density at radius 2 is 0.930 bits per heavy atom. The lowest BCUT2D eigenvalue weighted by molar-refractivity contribution is -0.298. The molecule has 1 heterocycles. The maximum atomic E-state index is 13.2. The largest absolute Gasteiger partial charge is 0.397 e. The topological polar surface area (TPSA) is 212 Å². The molecule has 0 aromatic heterocycles. The fourth-order valence-electron chi connectivity index (χ4n) is 9.46. The molecule has 1 aliphatic rings. The Morgan fingerprint density at radius 1 is 0.563 bits per heavy atom. The lowest BCUT2D eigenvalue weighted by atomic mass is 9.99. The number of ether oxygens (including phenoxy) is 2. The third-order valence-corrected chi connectivity index (χ3v) is 14.5. The van der Waals surface area contributed by atoms with E-state index in [1.54, 1.807) is 6.08 Å². The van der Waals surface area contributed by atoms with Gasteiger partial charge in [-0.1, -0.05) is 250 Å². The second-order valence-electron chi connectivity index (χ2n) is 20.7. The molecule has 1 saturated heterocycles. The number of allylic oxidation sites excluding steroid dienone is 3. The van der Waals surface area contributed by atoms with Crippen LogP contribution in [0.3, 0.4) is 0 Å². The summed E-state index contributed by atoms with van der Waals surface area (Å²) >= 11 is 0. The molecule has 1 fully saturated rings. The summed E-state index contributed by atoms with van der Waals surface area (Å²) in [5.41, 5.74) is 0. The fourth-order valence-corrected chi connectivity index (χ4v) is 9.97. The number of carbonyl (C=O) groups is 1. The van der Waals surface area contributed by atoms with E-state index < -0.39 is 78.5 Å². The first-order valence-corrected chi connectivity index (χ1v) is 30.7. The van der Waals surface area contributed by atoms with Crippen molar-refractivity contribution in [2.75, 3.05) is 13.2 Å². The van der Waals surface area contributed by atoms with Gasteiger partial charge in [0.25, 0.3) is 0 Å². The van der Waals surface area contributed by atoms with Crippen LogP contribution in [0.4, 0.5) is 0 Å². The molecular formula is C57H109NO12S. The van der Waals surface area contributed by atoms with Crippen molar-refractivity contribution in [3.63, 3.8) is 0 Å².